The van der Waals surface area contributed by atoms with Crippen LogP contribution in [0.3, 0.4) is 0 Å². The highest BCUT2D eigenvalue weighted by atomic mass is 16.2. The van der Waals surface area contributed by atoms with Crippen LogP contribution in [0.15, 0.2) is 24.3 Å². The summed E-state index contributed by atoms with van der Waals surface area (Å²) in [6.07, 6.45) is 10.2. The largest absolute Gasteiger partial charge is 0.338 e. The summed E-state index contributed by atoms with van der Waals surface area (Å²) >= 11 is 0. The van der Waals surface area contributed by atoms with E-state index in [9.17, 15) is 4.79 Å². The molecule has 0 radical (unpaired) electrons. The molecule has 1 N–H and O–H groups in total. The van der Waals surface area contributed by atoms with Crippen molar-refractivity contribution in [2.45, 2.75) is 63.3 Å². The molecule has 2 amide bonds. The van der Waals surface area contributed by atoms with Gasteiger partial charge in [-0.15, -0.1) is 0 Å². The summed E-state index contributed by atoms with van der Waals surface area (Å²) < 4.78 is 0. The molecule has 1 saturated carbocycles. The summed E-state index contributed by atoms with van der Waals surface area (Å²) in [5.74, 6) is 1.48. The lowest BCUT2D eigenvalue weighted by atomic mass is 9.84. The van der Waals surface area contributed by atoms with Crippen molar-refractivity contribution in [3.05, 3.63) is 35.4 Å². The number of amides is 2. The van der Waals surface area contributed by atoms with Crippen molar-refractivity contribution in [1.82, 2.24) is 15.1 Å². The van der Waals surface area contributed by atoms with E-state index < -0.39 is 0 Å². The van der Waals surface area contributed by atoms with E-state index in [4.69, 9.17) is 0 Å². The number of hydrogen-bond acceptors (Lipinski definition) is 2. The molecule has 4 nitrogen and oxygen atoms in total. The quantitative estimate of drug-likeness (QED) is 0.870. The molecule has 27 heavy (non-hydrogen) atoms. The van der Waals surface area contributed by atoms with Gasteiger partial charge in [0, 0.05) is 25.7 Å². The number of nitrogens with zero attached hydrogens (tertiary/aromatic N) is 2. The molecule has 0 unspecified atom stereocenters. The lowest BCUT2D eigenvalue weighted by molar-refractivity contribution is 0.131. The standard InChI is InChI=1S/C23H35N3O/c1-25-15-12-21-13-16-26(22(21)17-25)23(27)24-14-11-18-7-9-20(10-8-18)19-5-3-2-4-6-19/h7-10,19,21-22H,2-6,11-17H2,1H3,(H,24,27)/t21-,22-/m1/s1. The SMILES string of the molecule is CN1CC[C@@H]2CCN(C(=O)NCCc3ccc(C4CCCCC4)cc3)[C@@H]2C1. The molecule has 1 aromatic carbocycles. The van der Waals surface area contributed by atoms with Gasteiger partial charge in [0.2, 0.25) is 0 Å². The number of nitrogens with one attached hydrogen (secondary N) is 1. The number of hydrogen-bond donors (Lipinski definition) is 1. The summed E-state index contributed by atoms with van der Waals surface area (Å²) in [5, 5.41) is 3.17. The van der Waals surface area contributed by atoms with Crippen molar-refractivity contribution in [2.24, 2.45) is 5.92 Å². The fraction of sp³-hybridized carbons (Fsp3) is 0.696. The first-order chi connectivity index (χ1) is 13.2. The highest BCUT2D eigenvalue weighted by molar-refractivity contribution is 5.75. The smallest absolute Gasteiger partial charge is 0.317 e. The molecule has 0 bridgehead atoms. The normalized spacial score (nSPS) is 26.8. The van der Waals surface area contributed by atoms with Gasteiger partial charge < -0.3 is 15.1 Å². The molecule has 2 heterocycles. The van der Waals surface area contributed by atoms with Crippen LogP contribution in [0.1, 0.15) is 62.0 Å². The monoisotopic (exact) mass is 369 g/mol. The highest BCUT2D eigenvalue weighted by Crippen LogP contribution is 2.33. The van der Waals surface area contributed by atoms with Crippen molar-refractivity contribution < 1.29 is 4.79 Å². The molecular weight excluding hydrogens is 334 g/mol. The molecule has 4 heteroatoms. The van der Waals surface area contributed by atoms with Gasteiger partial charge in [0.25, 0.3) is 0 Å². The number of carbonyl (C=O) groups is 1. The van der Waals surface area contributed by atoms with E-state index in [-0.39, 0.29) is 6.03 Å². The number of fused-ring (bicyclic) bond motifs is 1. The van der Waals surface area contributed by atoms with E-state index in [1.54, 1.807) is 0 Å². The first-order valence-corrected chi connectivity index (χ1v) is 11.0. The molecule has 0 spiro atoms. The minimum absolute atomic E-state index is 0.136. The number of likely N-dealkylation sites (N-methyl/N-ethyl adjacent to an activating group) is 1. The van der Waals surface area contributed by atoms with Crippen molar-refractivity contribution in [2.75, 3.05) is 33.2 Å². The third-order valence-corrected chi connectivity index (χ3v) is 7.07. The molecule has 148 valence electrons. The molecular formula is C23H35N3O. The third kappa shape index (κ3) is 4.48. The van der Waals surface area contributed by atoms with Crippen LogP contribution in [0.2, 0.25) is 0 Å². The number of urea groups is 1. The first-order valence-electron chi connectivity index (χ1n) is 11.0. The van der Waals surface area contributed by atoms with Crippen LogP contribution in [0.4, 0.5) is 4.79 Å². The molecule has 0 aromatic heterocycles. The van der Waals surface area contributed by atoms with Gasteiger partial charge in [-0.1, -0.05) is 43.5 Å². The van der Waals surface area contributed by atoms with Crippen molar-refractivity contribution in [3.8, 4) is 0 Å². The predicted octanol–water partition coefficient (Wildman–Crippen LogP) is 4.01. The van der Waals surface area contributed by atoms with Crippen LogP contribution in [0, 0.1) is 5.92 Å². The zero-order valence-corrected chi connectivity index (χ0v) is 16.8. The molecule has 2 aliphatic heterocycles. The highest BCUT2D eigenvalue weighted by Gasteiger charge is 2.39. The van der Waals surface area contributed by atoms with Gasteiger partial charge in [-0.05, 0) is 68.7 Å². The maximum Gasteiger partial charge on any atom is 0.317 e. The van der Waals surface area contributed by atoms with Crippen LogP contribution >= 0.6 is 0 Å². The summed E-state index contributed by atoms with van der Waals surface area (Å²) in [7, 11) is 2.17. The average molecular weight is 370 g/mol. The van der Waals surface area contributed by atoms with E-state index in [1.807, 2.05) is 0 Å². The molecule has 3 aliphatic rings. The Balaban J connectivity index is 1.24. The predicted molar refractivity (Wildman–Crippen MR) is 110 cm³/mol. The Morgan fingerprint density at radius 1 is 1.04 bits per heavy atom. The second-order valence-electron chi connectivity index (χ2n) is 8.92. The summed E-state index contributed by atoms with van der Waals surface area (Å²) in [6.45, 7) is 3.85. The number of benzene rings is 1. The van der Waals surface area contributed by atoms with Crippen LogP contribution in [-0.2, 0) is 6.42 Å². The van der Waals surface area contributed by atoms with Gasteiger partial charge in [-0.3, -0.25) is 0 Å². The summed E-state index contributed by atoms with van der Waals surface area (Å²) in [4.78, 5) is 17.1. The molecule has 2 atom stereocenters. The molecule has 1 aliphatic carbocycles. The van der Waals surface area contributed by atoms with Gasteiger partial charge in [0.05, 0.1) is 0 Å². The number of piperidine rings is 1. The molecule has 1 aromatic rings. The molecule has 4 rings (SSSR count). The number of carbonyl (C=O) groups excluding carboxylic acids is 1. The lowest BCUT2D eigenvalue weighted by Gasteiger charge is -2.36. The zero-order valence-electron chi connectivity index (χ0n) is 16.8. The lowest BCUT2D eigenvalue weighted by Crippen LogP contribution is -2.51. The van der Waals surface area contributed by atoms with Crippen molar-refractivity contribution >= 4 is 6.03 Å². The maximum atomic E-state index is 12.7. The minimum Gasteiger partial charge on any atom is -0.338 e. The zero-order chi connectivity index (χ0) is 18.6. The maximum absolute atomic E-state index is 12.7. The van der Waals surface area contributed by atoms with Gasteiger partial charge >= 0.3 is 6.03 Å². The number of rotatable bonds is 4. The Morgan fingerprint density at radius 3 is 2.56 bits per heavy atom. The molecule has 2 saturated heterocycles. The molecule has 3 fully saturated rings. The van der Waals surface area contributed by atoms with Crippen LogP contribution in [0.25, 0.3) is 0 Å². The van der Waals surface area contributed by atoms with E-state index in [0.717, 1.165) is 32.0 Å². The van der Waals surface area contributed by atoms with Crippen LogP contribution in [-0.4, -0.2) is 55.1 Å². The van der Waals surface area contributed by atoms with Gasteiger partial charge in [-0.25, -0.2) is 4.79 Å². The Labute approximate surface area is 164 Å². The van der Waals surface area contributed by atoms with E-state index in [2.05, 4.69) is 46.4 Å². The van der Waals surface area contributed by atoms with E-state index >= 15 is 0 Å². The summed E-state index contributed by atoms with van der Waals surface area (Å²) in [6, 6.07) is 9.71. The Morgan fingerprint density at radius 2 is 1.78 bits per heavy atom. The van der Waals surface area contributed by atoms with Gasteiger partial charge in [0.15, 0.2) is 0 Å². The Hall–Kier alpha value is -1.55. The first kappa shape index (κ1) is 18.8. The fourth-order valence-corrected chi connectivity index (χ4v) is 5.36. The van der Waals surface area contributed by atoms with Crippen molar-refractivity contribution in [1.29, 1.82) is 0 Å². The van der Waals surface area contributed by atoms with Crippen LogP contribution in [0.5, 0.6) is 0 Å². The summed E-state index contributed by atoms with van der Waals surface area (Å²) in [5.41, 5.74) is 2.83. The second kappa shape index (κ2) is 8.64. The van der Waals surface area contributed by atoms with E-state index in [1.165, 1.54) is 62.6 Å². The Bertz CT molecular complexity index is 623. The van der Waals surface area contributed by atoms with Gasteiger partial charge in [0.1, 0.15) is 0 Å². The third-order valence-electron chi connectivity index (χ3n) is 7.07. The number of likely N-dealkylation sites (tertiary alicyclic amines) is 2. The fourth-order valence-electron chi connectivity index (χ4n) is 5.36. The van der Waals surface area contributed by atoms with E-state index in [0.29, 0.717) is 12.0 Å². The average Bonchev–Trinajstić information content (AvgIpc) is 3.12. The minimum atomic E-state index is 0.136. The topological polar surface area (TPSA) is 35.6 Å². The van der Waals surface area contributed by atoms with Crippen molar-refractivity contribution in [3.63, 3.8) is 0 Å². The van der Waals surface area contributed by atoms with Crippen LogP contribution < -0.4 is 5.32 Å². The Kier molecular flexibility index (Phi) is 6.01. The van der Waals surface area contributed by atoms with Gasteiger partial charge in [-0.2, -0.15) is 0 Å². The second-order valence-corrected chi connectivity index (χ2v) is 8.92.